The Morgan fingerprint density at radius 1 is 0.778 bits per heavy atom. The zero-order valence-corrected chi connectivity index (χ0v) is 15.2. The molecule has 2 atom stereocenters. The first kappa shape index (κ1) is 14.9. The minimum Gasteiger partial charge on any atom is -0.367 e. The highest BCUT2D eigenvalue weighted by molar-refractivity contribution is 6.08. The molecule has 2 unspecified atom stereocenters. The molecule has 6 rings (SSSR count). The van der Waals surface area contributed by atoms with E-state index in [2.05, 4.69) is 102 Å². The van der Waals surface area contributed by atoms with Crippen LogP contribution in [0.4, 0.5) is 5.69 Å². The van der Waals surface area contributed by atoms with E-state index in [1.807, 2.05) is 0 Å². The summed E-state index contributed by atoms with van der Waals surface area (Å²) in [4.78, 5) is 5.91. The third kappa shape index (κ3) is 2.07. The Morgan fingerprint density at radius 2 is 1.56 bits per heavy atom. The number of para-hydroxylation sites is 1. The molecule has 1 aliphatic heterocycles. The Balaban J connectivity index is 1.51. The molecule has 2 aliphatic rings. The van der Waals surface area contributed by atoms with Crippen LogP contribution in [0.1, 0.15) is 11.5 Å². The largest absolute Gasteiger partial charge is 0.367 e. The fourth-order valence-corrected chi connectivity index (χ4v) is 4.76. The number of likely N-dealkylation sites (N-methyl/N-ethyl adjacent to an activating group) is 1. The van der Waals surface area contributed by atoms with E-state index in [1.165, 1.54) is 44.2 Å². The van der Waals surface area contributed by atoms with Crippen LogP contribution in [0, 0.1) is 0 Å². The van der Waals surface area contributed by atoms with E-state index in [9.17, 15) is 0 Å². The first-order valence-electron chi connectivity index (χ1n) is 9.52. The summed E-state index contributed by atoms with van der Waals surface area (Å²) in [5.41, 5.74) is 7.73. The number of allylic oxidation sites excluding steroid dienone is 2. The van der Waals surface area contributed by atoms with Crippen molar-refractivity contribution in [2.24, 2.45) is 0 Å². The zero-order chi connectivity index (χ0) is 18.0. The van der Waals surface area contributed by atoms with Crippen LogP contribution in [0.2, 0.25) is 0 Å². The van der Waals surface area contributed by atoms with Crippen molar-refractivity contribution in [3.05, 3.63) is 90.5 Å². The second-order valence-corrected chi connectivity index (χ2v) is 7.60. The van der Waals surface area contributed by atoms with Gasteiger partial charge in [-0.1, -0.05) is 54.6 Å². The summed E-state index contributed by atoms with van der Waals surface area (Å²) in [5.74, 6) is 0.451. The minimum atomic E-state index is 0.441. The number of aromatic amines is 1. The van der Waals surface area contributed by atoms with Crippen molar-refractivity contribution < 1.29 is 0 Å². The normalized spacial score (nSPS) is 20.4. The molecular formula is C25H20N2. The quantitative estimate of drug-likeness (QED) is 0.446. The standard InChI is InChI=1S/C25H20N2/c1-27-24-9-5-3-7-19(24)21-15-17(11-13-25(21)27)16-10-12-23-20(14-16)18-6-2-4-8-22(18)26-23/h2-15,19,24,26H,1H3. The van der Waals surface area contributed by atoms with Crippen LogP contribution in [0.5, 0.6) is 0 Å². The number of nitrogens with zero attached hydrogens (tertiary/aromatic N) is 1. The van der Waals surface area contributed by atoms with Crippen LogP contribution in [-0.4, -0.2) is 18.1 Å². The predicted octanol–water partition coefficient (Wildman–Crippen LogP) is 6.02. The van der Waals surface area contributed by atoms with Gasteiger partial charge in [0.15, 0.2) is 0 Å². The topological polar surface area (TPSA) is 19.0 Å². The van der Waals surface area contributed by atoms with Crippen LogP contribution in [-0.2, 0) is 0 Å². The number of fused-ring (bicyclic) bond motifs is 6. The van der Waals surface area contributed by atoms with Gasteiger partial charge in [0.05, 0.1) is 6.04 Å². The van der Waals surface area contributed by atoms with E-state index >= 15 is 0 Å². The van der Waals surface area contributed by atoms with Gasteiger partial charge in [-0.25, -0.2) is 0 Å². The average Bonchev–Trinajstić information content (AvgIpc) is 3.23. The first-order chi connectivity index (χ1) is 13.3. The summed E-state index contributed by atoms with van der Waals surface area (Å²) in [7, 11) is 2.20. The van der Waals surface area contributed by atoms with Gasteiger partial charge in [-0.05, 0) is 47.0 Å². The lowest BCUT2D eigenvalue weighted by Crippen LogP contribution is -2.28. The molecule has 2 heterocycles. The summed E-state index contributed by atoms with van der Waals surface area (Å²) in [6, 6.07) is 22.6. The number of aromatic nitrogens is 1. The van der Waals surface area contributed by atoms with Gasteiger partial charge >= 0.3 is 0 Å². The Bertz CT molecular complexity index is 1260. The Kier molecular flexibility index (Phi) is 2.96. The van der Waals surface area contributed by atoms with Crippen molar-refractivity contribution in [2.75, 3.05) is 11.9 Å². The zero-order valence-electron chi connectivity index (χ0n) is 15.2. The van der Waals surface area contributed by atoms with Gasteiger partial charge < -0.3 is 9.88 Å². The third-order valence-electron chi connectivity index (χ3n) is 6.16. The summed E-state index contributed by atoms with van der Waals surface area (Å²) in [6.45, 7) is 0. The molecule has 4 aromatic rings. The van der Waals surface area contributed by atoms with E-state index in [-0.39, 0.29) is 0 Å². The van der Waals surface area contributed by atoms with Gasteiger partial charge in [0.25, 0.3) is 0 Å². The lowest BCUT2D eigenvalue weighted by Gasteiger charge is -2.23. The first-order valence-corrected chi connectivity index (χ1v) is 9.52. The molecule has 27 heavy (non-hydrogen) atoms. The second-order valence-electron chi connectivity index (χ2n) is 7.60. The fourth-order valence-electron chi connectivity index (χ4n) is 4.76. The van der Waals surface area contributed by atoms with E-state index < -0.39 is 0 Å². The SMILES string of the molecule is CN1c2ccc(-c3ccc4[nH]c5ccccc5c4c3)cc2C2C=CC=CC21. The average molecular weight is 348 g/mol. The van der Waals surface area contributed by atoms with Crippen LogP contribution in [0.15, 0.2) is 85.0 Å². The molecule has 3 aromatic carbocycles. The van der Waals surface area contributed by atoms with Gasteiger partial charge in [0.2, 0.25) is 0 Å². The number of nitrogens with one attached hydrogen (secondary N) is 1. The molecule has 0 amide bonds. The maximum absolute atomic E-state index is 3.52. The van der Waals surface area contributed by atoms with E-state index in [0.717, 1.165) is 0 Å². The lowest BCUT2D eigenvalue weighted by atomic mass is 9.89. The van der Waals surface area contributed by atoms with Crippen molar-refractivity contribution >= 4 is 27.5 Å². The van der Waals surface area contributed by atoms with Gasteiger partial charge in [0.1, 0.15) is 0 Å². The summed E-state index contributed by atoms with van der Waals surface area (Å²) in [5, 5.41) is 2.58. The van der Waals surface area contributed by atoms with Crippen LogP contribution in [0.3, 0.4) is 0 Å². The summed E-state index contributed by atoms with van der Waals surface area (Å²) >= 11 is 0. The van der Waals surface area contributed by atoms with E-state index in [1.54, 1.807) is 0 Å². The number of anilines is 1. The molecular weight excluding hydrogens is 328 g/mol. The number of H-pyrrole nitrogens is 1. The highest BCUT2D eigenvalue weighted by Crippen LogP contribution is 2.44. The Morgan fingerprint density at radius 3 is 2.52 bits per heavy atom. The van der Waals surface area contributed by atoms with Crippen molar-refractivity contribution in [2.45, 2.75) is 12.0 Å². The molecule has 0 fully saturated rings. The molecule has 130 valence electrons. The highest BCUT2D eigenvalue weighted by Gasteiger charge is 2.34. The van der Waals surface area contributed by atoms with Crippen LogP contribution >= 0.6 is 0 Å². The number of hydrogen-bond donors (Lipinski definition) is 1. The molecule has 1 aliphatic carbocycles. The molecule has 2 nitrogen and oxygen atoms in total. The molecule has 0 bridgehead atoms. The second kappa shape index (κ2) is 5.37. The maximum atomic E-state index is 3.52. The molecule has 1 aromatic heterocycles. The lowest BCUT2D eigenvalue weighted by molar-refractivity contribution is 0.723. The monoisotopic (exact) mass is 348 g/mol. The Hall–Kier alpha value is -3.26. The molecule has 0 saturated heterocycles. The van der Waals surface area contributed by atoms with Crippen molar-refractivity contribution in [3.63, 3.8) is 0 Å². The van der Waals surface area contributed by atoms with Crippen molar-refractivity contribution in [1.82, 2.24) is 4.98 Å². The fraction of sp³-hybridized carbons (Fsp3) is 0.120. The third-order valence-corrected chi connectivity index (χ3v) is 6.16. The van der Waals surface area contributed by atoms with E-state index in [4.69, 9.17) is 0 Å². The Labute approximate surface area is 158 Å². The molecule has 0 saturated carbocycles. The number of hydrogen-bond acceptors (Lipinski definition) is 1. The maximum Gasteiger partial charge on any atom is 0.0577 e. The highest BCUT2D eigenvalue weighted by atomic mass is 15.2. The van der Waals surface area contributed by atoms with Gasteiger partial charge in [-0.3, -0.25) is 0 Å². The number of benzene rings is 3. The van der Waals surface area contributed by atoms with Gasteiger partial charge in [0, 0.05) is 40.5 Å². The van der Waals surface area contributed by atoms with Crippen molar-refractivity contribution in [3.8, 4) is 11.1 Å². The predicted molar refractivity (Wildman–Crippen MR) is 114 cm³/mol. The van der Waals surface area contributed by atoms with Crippen molar-refractivity contribution in [1.29, 1.82) is 0 Å². The summed E-state index contributed by atoms with van der Waals surface area (Å²) < 4.78 is 0. The molecule has 0 spiro atoms. The summed E-state index contributed by atoms with van der Waals surface area (Å²) in [6.07, 6.45) is 8.98. The van der Waals surface area contributed by atoms with Gasteiger partial charge in [-0.2, -0.15) is 0 Å². The molecule has 0 radical (unpaired) electrons. The number of rotatable bonds is 1. The molecule has 1 N–H and O–H groups in total. The minimum absolute atomic E-state index is 0.441. The smallest absolute Gasteiger partial charge is 0.0577 e. The molecule has 2 heteroatoms. The van der Waals surface area contributed by atoms with Gasteiger partial charge in [-0.15, -0.1) is 0 Å². The van der Waals surface area contributed by atoms with Crippen LogP contribution in [0.25, 0.3) is 32.9 Å². The van der Waals surface area contributed by atoms with Crippen LogP contribution < -0.4 is 4.90 Å². The van der Waals surface area contributed by atoms with E-state index in [0.29, 0.717) is 12.0 Å².